The summed E-state index contributed by atoms with van der Waals surface area (Å²) < 4.78 is 0. The maximum absolute atomic E-state index is 4.59. The van der Waals surface area contributed by atoms with Crippen LogP contribution in [0.15, 0.2) is 48.8 Å². The van der Waals surface area contributed by atoms with E-state index in [0.717, 1.165) is 37.3 Å². The van der Waals surface area contributed by atoms with E-state index >= 15 is 0 Å². The van der Waals surface area contributed by atoms with Crippen LogP contribution in [0.1, 0.15) is 23.6 Å². The lowest BCUT2D eigenvalue weighted by atomic mass is 9.99. The molecule has 3 heteroatoms. The minimum Gasteiger partial charge on any atom is -0.351 e. The van der Waals surface area contributed by atoms with Gasteiger partial charge in [0.2, 0.25) is 0 Å². The van der Waals surface area contributed by atoms with E-state index in [1.54, 1.807) is 6.33 Å². The first-order valence-corrected chi connectivity index (χ1v) is 7.90. The Labute approximate surface area is 130 Å². The van der Waals surface area contributed by atoms with Crippen LogP contribution in [0, 0.1) is 0 Å². The van der Waals surface area contributed by atoms with Gasteiger partial charge in [0, 0.05) is 18.5 Å². The molecule has 0 amide bonds. The maximum atomic E-state index is 4.59. The summed E-state index contributed by atoms with van der Waals surface area (Å²) in [5, 5.41) is 1.17. The molecule has 3 nitrogen and oxygen atoms in total. The van der Waals surface area contributed by atoms with Gasteiger partial charge >= 0.3 is 0 Å². The molecule has 2 aromatic carbocycles. The Balaban J connectivity index is 1.78. The fourth-order valence-corrected chi connectivity index (χ4v) is 3.24. The van der Waals surface area contributed by atoms with E-state index < -0.39 is 0 Å². The number of nitrogens with zero attached hydrogens (tertiary/aromatic N) is 3. The highest BCUT2D eigenvalue weighted by Crippen LogP contribution is 2.28. The van der Waals surface area contributed by atoms with Crippen molar-refractivity contribution in [2.24, 2.45) is 0 Å². The lowest BCUT2D eigenvalue weighted by Crippen LogP contribution is -2.31. The Kier molecular flexibility index (Phi) is 3.26. The highest BCUT2D eigenvalue weighted by molar-refractivity contribution is 5.90. The Morgan fingerprint density at radius 2 is 1.91 bits per heavy atom. The normalized spacial score (nSPS) is 14.1. The Hall–Kier alpha value is -2.42. The average molecular weight is 289 g/mol. The Morgan fingerprint density at radius 1 is 1.05 bits per heavy atom. The summed E-state index contributed by atoms with van der Waals surface area (Å²) in [4.78, 5) is 11.4. The van der Waals surface area contributed by atoms with Gasteiger partial charge in [0.05, 0.1) is 5.52 Å². The lowest BCUT2D eigenvalue weighted by Gasteiger charge is -2.30. The average Bonchev–Trinajstić information content (AvgIpc) is 2.60. The molecule has 1 aliphatic heterocycles. The second-order valence-electron chi connectivity index (χ2n) is 5.84. The zero-order valence-corrected chi connectivity index (χ0v) is 12.8. The van der Waals surface area contributed by atoms with E-state index in [9.17, 15) is 0 Å². The minimum atomic E-state index is 0.929. The fourth-order valence-electron chi connectivity index (χ4n) is 3.24. The van der Waals surface area contributed by atoms with Gasteiger partial charge in [0.15, 0.2) is 0 Å². The molecule has 0 atom stereocenters. The van der Waals surface area contributed by atoms with E-state index in [0.29, 0.717) is 0 Å². The molecule has 3 aromatic rings. The topological polar surface area (TPSA) is 29.0 Å². The molecule has 4 rings (SSSR count). The van der Waals surface area contributed by atoms with Crippen molar-refractivity contribution < 1.29 is 0 Å². The summed E-state index contributed by atoms with van der Waals surface area (Å²) in [5.41, 5.74) is 5.24. The van der Waals surface area contributed by atoms with E-state index in [-0.39, 0.29) is 0 Å². The smallest absolute Gasteiger partial charge is 0.140 e. The van der Waals surface area contributed by atoms with Gasteiger partial charge in [-0.2, -0.15) is 0 Å². The standard InChI is InChI=1S/C19H19N3/c1-2-14-7-8-18-17(11-14)19(21-13-20-18)22-10-9-15-5-3-4-6-16(15)12-22/h3-8,11,13H,2,9-10,12H2,1H3. The van der Waals surface area contributed by atoms with Crippen molar-refractivity contribution in [1.82, 2.24) is 9.97 Å². The lowest BCUT2D eigenvalue weighted by molar-refractivity contribution is 0.723. The molecule has 0 saturated heterocycles. The first kappa shape index (κ1) is 13.3. The van der Waals surface area contributed by atoms with Gasteiger partial charge in [0.1, 0.15) is 12.1 Å². The monoisotopic (exact) mass is 289 g/mol. The summed E-state index contributed by atoms with van der Waals surface area (Å²) in [6.07, 6.45) is 3.80. The predicted molar refractivity (Wildman–Crippen MR) is 90.1 cm³/mol. The van der Waals surface area contributed by atoms with Crippen molar-refractivity contribution in [1.29, 1.82) is 0 Å². The van der Waals surface area contributed by atoms with E-state index in [1.165, 1.54) is 22.1 Å². The second-order valence-corrected chi connectivity index (χ2v) is 5.84. The molecule has 0 aliphatic carbocycles. The van der Waals surface area contributed by atoms with Crippen LogP contribution < -0.4 is 4.90 Å². The molecule has 1 aliphatic rings. The molecule has 0 radical (unpaired) electrons. The summed E-state index contributed by atoms with van der Waals surface area (Å²) in [6.45, 7) is 4.12. The largest absolute Gasteiger partial charge is 0.351 e. The number of aryl methyl sites for hydroxylation is 1. The van der Waals surface area contributed by atoms with Crippen LogP contribution in [0.3, 0.4) is 0 Å². The molecular formula is C19H19N3. The van der Waals surface area contributed by atoms with Crippen molar-refractivity contribution >= 4 is 16.7 Å². The number of hydrogen-bond donors (Lipinski definition) is 0. The second kappa shape index (κ2) is 5.41. The molecule has 1 aromatic heterocycles. The first-order valence-electron chi connectivity index (χ1n) is 7.90. The van der Waals surface area contributed by atoms with Gasteiger partial charge in [-0.05, 0) is 41.7 Å². The first-order chi connectivity index (χ1) is 10.8. The number of rotatable bonds is 2. The fraction of sp³-hybridized carbons (Fsp3) is 0.263. The highest BCUT2D eigenvalue weighted by Gasteiger charge is 2.19. The maximum Gasteiger partial charge on any atom is 0.140 e. The minimum absolute atomic E-state index is 0.929. The van der Waals surface area contributed by atoms with E-state index in [2.05, 4.69) is 64.3 Å². The number of fused-ring (bicyclic) bond motifs is 2. The molecule has 0 fully saturated rings. The molecule has 0 N–H and O–H groups in total. The van der Waals surface area contributed by atoms with Crippen LogP contribution in [-0.4, -0.2) is 16.5 Å². The summed E-state index contributed by atoms with van der Waals surface area (Å²) in [7, 11) is 0. The SMILES string of the molecule is CCc1ccc2ncnc(N3CCc4ccccc4C3)c2c1. The third-order valence-corrected chi connectivity index (χ3v) is 4.52. The molecule has 0 bridgehead atoms. The van der Waals surface area contributed by atoms with Gasteiger partial charge < -0.3 is 4.90 Å². The molecule has 22 heavy (non-hydrogen) atoms. The van der Waals surface area contributed by atoms with Crippen LogP contribution >= 0.6 is 0 Å². The highest BCUT2D eigenvalue weighted by atomic mass is 15.2. The molecule has 0 spiro atoms. The summed E-state index contributed by atoms with van der Waals surface area (Å²) in [5.74, 6) is 1.06. The molecule has 2 heterocycles. The molecule has 0 unspecified atom stereocenters. The van der Waals surface area contributed by atoms with Gasteiger partial charge in [-0.1, -0.05) is 37.3 Å². The molecule has 0 saturated carbocycles. The third-order valence-electron chi connectivity index (χ3n) is 4.52. The van der Waals surface area contributed by atoms with Gasteiger partial charge in [0.25, 0.3) is 0 Å². The summed E-state index contributed by atoms with van der Waals surface area (Å²) in [6, 6.07) is 15.2. The van der Waals surface area contributed by atoms with Crippen molar-refractivity contribution in [2.45, 2.75) is 26.3 Å². The van der Waals surface area contributed by atoms with Crippen molar-refractivity contribution in [3.8, 4) is 0 Å². The number of anilines is 1. The quantitative estimate of drug-likeness (QED) is 0.719. The van der Waals surface area contributed by atoms with Gasteiger partial charge in [-0.25, -0.2) is 9.97 Å². The van der Waals surface area contributed by atoms with Crippen molar-refractivity contribution in [3.05, 3.63) is 65.5 Å². The molecule has 110 valence electrons. The van der Waals surface area contributed by atoms with Crippen molar-refractivity contribution in [2.75, 3.05) is 11.4 Å². The van der Waals surface area contributed by atoms with Crippen LogP contribution in [0.4, 0.5) is 5.82 Å². The Bertz CT molecular complexity index is 826. The predicted octanol–water partition coefficient (Wildman–Crippen LogP) is 3.75. The van der Waals surface area contributed by atoms with Crippen molar-refractivity contribution in [3.63, 3.8) is 0 Å². The number of hydrogen-bond acceptors (Lipinski definition) is 3. The van der Waals surface area contributed by atoms with Crippen LogP contribution in [0.25, 0.3) is 10.9 Å². The van der Waals surface area contributed by atoms with Crippen LogP contribution in [0.5, 0.6) is 0 Å². The van der Waals surface area contributed by atoms with E-state index in [1.807, 2.05) is 0 Å². The number of aromatic nitrogens is 2. The van der Waals surface area contributed by atoms with Crippen LogP contribution in [0.2, 0.25) is 0 Å². The van der Waals surface area contributed by atoms with Gasteiger partial charge in [-0.15, -0.1) is 0 Å². The number of benzene rings is 2. The van der Waals surface area contributed by atoms with Gasteiger partial charge in [-0.3, -0.25) is 0 Å². The third kappa shape index (κ3) is 2.23. The Morgan fingerprint density at radius 3 is 2.77 bits per heavy atom. The summed E-state index contributed by atoms with van der Waals surface area (Å²) >= 11 is 0. The van der Waals surface area contributed by atoms with Crippen LogP contribution in [-0.2, 0) is 19.4 Å². The zero-order valence-electron chi connectivity index (χ0n) is 12.8. The zero-order chi connectivity index (χ0) is 14.9. The van der Waals surface area contributed by atoms with E-state index in [4.69, 9.17) is 0 Å². The molecular weight excluding hydrogens is 270 g/mol.